The lowest BCUT2D eigenvalue weighted by molar-refractivity contribution is 0.112. The first-order valence-electron chi connectivity index (χ1n) is 14.0. The molecule has 1 fully saturated rings. The second-order valence-electron chi connectivity index (χ2n) is 11.6. The molecule has 0 bridgehead atoms. The van der Waals surface area contributed by atoms with Crippen molar-refractivity contribution in [2.45, 2.75) is 39.7 Å². The smallest absolute Gasteiger partial charge is 0.144 e. The summed E-state index contributed by atoms with van der Waals surface area (Å²) in [6.07, 6.45) is 0. The molecular weight excluding hydrogens is 482 g/mol. The van der Waals surface area contributed by atoms with E-state index in [0.29, 0.717) is 6.61 Å². The van der Waals surface area contributed by atoms with Crippen molar-refractivity contribution in [1.29, 1.82) is 0 Å². The number of hydrogen-bond donors (Lipinski definition) is 0. The van der Waals surface area contributed by atoms with Crippen molar-refractivity contribution < 1.29 is 4.74 Å². The molecule has 1 aliphatic rings. The zero-order chi connectivity index (χ0) is 27.4. The molecule has 0 N–H and O–H groups in total. The maximum atomic E-state index is 6.10. The van der Waals surface area contributed by atoms with Crippen LogP contribution in [0.5, 0.6) is 5.75 Å². The van der Waals surface area contributed by atoms with Crippen LogP contribution in [0.15, 0.2) is 72.8 Å². The summed E-state index contributed by atoms with van der Waals surface area (Å²) < 4.78 is 6.10. The molecule has 0 aliphatic carbocycles. The van der Waals surface area contributed by atoms with Gasteiger partial charge in [-0.15, -0.1) is 0 Å². The molecular formula is C33H41N5O. The van der Waals surface area contributed by atoms with Crippen LogP contribution in [-0.2, 0) is 12.0 Å². The summed E-state index contributed by atoms with van der Waals surface area (Å²) in [6, 6.07) is 25.6. The van der Waals surface area contributed by atoms with Crippen molar-refractivity contribution in [3.63, 3.8) is 0 Å². The Bertz CT molecular complexity index is 1370. The molecule has 2 heterocycles. The first-order chi connectivity index (χ1) is 18.8. The Morgan fingerprint density at radius 3 is 2.18 bits per heavy atom. The standard InChI is InChI=1S/C33H41N5O/c1-25-34-31-9-7-6-8-30(31)32(35-25)36(5)28-14-16-29(17-15-28)39-23-22-37-18-20-38(21-19-37)24-26-10-12-27(13-11-26)33(2,3)4/h6-17H,18-24H2,1-5H3. The number of rotatable bonds is 8. The minimum atomic E-state index is 0.205. The molecule has 1 aliphatic heterocycles. The number of piperazine rings is 1. The van der Waals surface area contributed by atoms with Crippen molar-refractivity contribution in [3.8, 4) is 5.75 Å². The van der Waals surface area contributed by atoms with E-state index in [1.807, 2.05) is 44.3 Å². The third-order valence-electron chi connectivity index (χ3n) is 7.60. The number of anilines is 2. The van der Waals surface area contributed by atoms with E-state index in [1.165, 1.54) is 11.1 Å². The lowest BCUT2D eigenvalue weighted by atomic mass is 9.87. The zero-order valence-corrected chi connectivity index (χ0v) is 24.0. The lowest BCUT2D eigenvalue weighted by Gasteiger charge is -2.34. The molecule has 0 saturated carbocycles. The molecule has 5 rings (SSSR count). The molecule has 6 nitrogen and oxygen atoms in total. The normalized spacial score (nSPS) is 15.0. The van der Waals surface area contributed by atoms with Gasteiger partial charge in [0.2, 0.25) is 0 Å². The van der Waals surface area contributed by atoms with Crippen LogP contribution in [0.25, 0.3) is 10.9 Å². The average molecular weight is 524 g/mol. The van der Waals surface area contributed by atoms with E-state index < -0.39 is 0 Å². The first-order valence-corrected chi connectivity index (χ1v) is 14.0. The van der Waals surface area contributed by atoms with Crippen molar-refractivity contribution in [3.05, 3.63) is 89.7 Å². The van der Waals surface area contributed by atoms with Gasteiger partial charge in [0.15, 0.2) is 0 Å². The Morgan fingerprint density at radius 2 is 1.49 bits per heavy atom. The van der Waals surface area contributed by atoms with Crippen molar-refractivity contribution >= 4 is 22.4 Å². The highest BCUT2D eigenvalue weighted by Crippen LogP contribution is 2.30. The molecule has 204 valence electrons. The molecule has 0 spiro atoms. The predicted molar refractivity (Wildman–Crippen MR) is 161 cm³/mol. The number of nitrogens with zero attached hydrogens (tertiary/aromatic N) is 5. The van der Waals surface area contributed by atoms with Gasteiger partial charge in [-0.1, -0.05) is 57.2 Å². The average Bonchev–Trinajstić information content (AvgIpc) is 2.93. The number of aromatic nitrogens is 2. The molecule has 1 aromatic heterocycles. The molecule has 0 atom stereocenters. The minimum Gasteiger partial charge on any atom is -0.492 e. The second-order valence-corrected chi connectivity index (χ2v) is 11.6. The topological polar surface area (TPSA) is 44.7 Å². The molecule has 6 heteroatoms. The van der Waals surface area contributed by atoms with Gasteiger partial charge in [0.25, 0.3) is 0 Å². The fourth-order valence-electron chi connectivity index (χ4n) is 5.15. The van der Waals surface area contributed by atoms with Crippen LogP contribution in [0.1, 0.15) is 37.7 Å². The number of para-hydroxylation sites is 1. The number of hydrogen-bond acceptors (Lipinski definition) is 6. The Balaban J connectivity index is 1.08. The molecule has 1 saturated heterocycles. The van der Waals surface area contributed by atoms with Gasteiger partial charge in [-0.05, 0) is 59.9 Å². The monoisotopic (exact) mass is 523 g/mol. The minimum absolute atomic E-state index is 0.205. The SMILES string of the molecule is Cc1nc(N(C)c2ccc(OCCN3CCN(Cc4ccc(C(C)(C)C)cc4)CC3)cc2)c2ccccc2n1. The summed E-state index contributed by atoms with van der Waals surface area (Å²) in [7, 11) is 2.05. The van der Waals surface area contributed by atoms with E-state index in [-0.39, 0.29) is 5.41 Å². The Morgan fingerprint density at radius 1 is 0.821 bits per heavy atom. The number of benzene rings is 3. The molecule has 39 heavy (non-hydrogen) atoms. The summed E-state index contributed by atoms with van der Waals surface area (Å²) in [5.41, 5.74) is 5.03. The molecule has 4 aromatic rings. The molecule has 3 aromatic carbocycles. The van der Waals surface area contributed by atoms with Crippen LogP contribution in [0.3, 0.4) is 0 Å². The van der Waals surface area contributed by atoms with E-state index in [0.717, 1.165) is 73.3 Å². The van der Waals surface area contributed by atoms with E-state index in [1.54, 1.807) is 0 Å². The van der Waals surface area contributed by atoms with Crippen LogP contribution < -0.4 is 9.64 Å². The largest absolute Gasteiger partial charge is 0.492 e. The summed E-state index contributed by atoms with van der Waals surface area (Å²) >= 11 is 0. The van der Waals surface area contributed by atoms with Gasteiger partial charge in [-0.25, -0.2) is 9.97 Å². The summed E-state index contributed by atoms with van der Waals surface area (Å²) in [6.45, 7) is 15.8. The van der Waals surface area contributed by atoms with Crippen LogP contribution in [0.4, 0.5) is 11.5 Å². The van der Waals surface area contributed by atoms with Crippen LogP contribution >= 0.6 is 0 Å². The second kappa shape index (κ2) is 11.7. The maximum absolute atomic E-state index is 6.10. The Labute approximate surface area is 233 Å². The van der Waals surface area contributed by atoms with E-state index in [2.05, 4.69) is 82.9 Å². The highest BCUT2D eigenvalue weighted by atomic mass is 16.5. The quantitative estimate of drug-likeness (QED) is 0.274. The van der Waals surface area contributed by atoms with Gasteiger partial charge in [-0.2, -0.15) is 0 Å². The van der Waals surface area contributed by atoms with Gasteiger partial charge >= 0.3 is 0 Å². The van der Waals surface area contributed by atoms with E-state index >= 15 is 0 Å². The third-order valence-corrected chi connectivity index (χ3v) is 7.60. The van der Waals surface area contributed by atoms with Crippen LogP contribution in [0.2, 0.25) is 0 Å². The predicted octanol–water partition coefficient (Wildman–Crippen LogP) is 6.20. The summed E-state index contributed by atoms with van der Waals surface area (Å²) in [5, 5.41) is 1.05. The van der Waals surface area contributed by atoms with Gasteiger partial charge < -0.3 is 9.64 Å². The highest BCUT2D eigenvalue weighted by Gasteiger charge is 2.18. The van der Waals surface area contributed by atoms with E-state index in [4.69, 9.17) is 9.72 Å². The van der Waals surface area contributed by atoms with Crippen molar-refractivity contribution in [2.75, 3.05) is 51.3 Å². The number of fused-ring (bicyclic) bond motifs is 1. The van der Waals surface area contributed by atoms with Crippen molar-refractivity contribution in [1.82, 2.24) is 19.8 Å². The zero-order valence-electron chi connectivity index (χ0n) is 24.0. The number of ether oxygens (including phenoxy) is 1. The molecule has 0 unspecified atom stereocenters. The van der Waals surface area contributed by atoms with Crippen LogP contribution in [0, 0.1) is 6.92 Å². The highest BCUT2D eigenvalue weighted by molar-refractivity contribution is 5.91. The van der Waals surface area contributed by atoms with Crippen LogP contribution in [-0.4, -0.2) is 66.1 Å². The van der Waals surface area contributed by atoms with Crippen molar-refractivity contribution in [2.24, 2.45) is 0 Å². The third kappa shape index (κ3) is 6.75. The van der Waals surface area contributed by atoms with Gasteiger partial charge in [-0.3, -0.25) is 9.80 Å². The summed E-state index contributed by atoms with van der Waals surface area (Å²) in [5.74, 6) is 2.58. The molecule has 0 amide bonds. The lowest BCUT2D eigenvalue weighted by Crippen LogP contribution is -2.47. The number of aryl methyl sites for hydroxylation is 1. The van der Waals surface area contributed by atoms with Gasteiger partial charge in [0.1, 0.15) is 24.0 Å². The summed E-state index contributed by atoms with van der Waals surface area (Å²) in [4.78, 5) is 16.5. The van der Waals surface area contributed by atoms with Gasteiger partial charge in [0, 0.05) is 57.4 Å². The Kier molecular flexibility index (Phi) is 8.15. The molecule has 0 radical (unpaired) electrons. The Hall–Kier alpha value is -3.48. The first kappa shape index (κ1) is 27.1. The van der Waals surface area contributed by atoms with Gasteiger partial charge in [0.05, 0.1) is 5.52 Å². The fraction of sp³-hybridized carbons (Fsp3) is 0.394. The maximum Gasteiger partial charge on any atom is 0.144 e. The fourth-order valence-corrected chi connectivity index (χ4v) is 5.15. The van der Waals surface area contributed by atoms with E-state index in [9.17, 15) is 0 Å².